The summed E-state index contributed by atoms with van der Waals surface area (Å²) in [5.41, 5.74) is 2.55. The number of nitrogens with zero attached hydrogens (tertiary/aromatic N) is 1. The van der Waals surface area contributed by atoms with Crippen LogP contribution in [-0.2, 0) is 6.54 Å². The Morgan fingerprint density at radius 3 is 2.95 bits per heavy atom. The van der Waals surface area contributed by atoms with Crippen LogP contribution in [0.25, 0.3) is 10.4 Å². The van der Waals surface area contributed by atoms with E-state index in [4.69, 9.17) is 0 Å². The third-order valence-corrected chi connectivity index (χ3v) is 5.08. The first-order valence-corrected chi connectivity index (χ1v) is 8.33. The van der Waals surface area contributed by atoms with Crippen molar-refractivity contribution in [1.29, 1.82) is 0 Å². The van der Waals surface area contributed by atoms with Crippen LogP contribution in [0.5, 0.6) is 0 Å². The van der Waals surface area contributed by atoms with Crippen LogP contribution in [0.4, 0.5) is 0 Å². The number of thiophene rings is 2. The van der Waals surface area contributed by atoms with Gasteiger partial charge in [-0.3, -0.25) is 4.98 Å². The lowest BCUT2D eigenvalue weighted by Gasteiger charge is -2.12. The van der Waals surface area contributed by atoms with Crippen molar-refractivity contribution in [2.75, 3.05) is 0 Å². The summed E-state index contributed by atoms with van der Waals surface area (Å²) in [6.07, 6.45) is 3.73. The Labute approximate surface area is 127 Å². The van der Waals surface area contributed by atoms with Gasteiger partial charge >= 0.3 is 0 Å². The molecule has 3 aromatic rings. The van der Waals surface area contributed by atoms with Crippen LogP contribution in [0.2, 0.25) is 0 Å². The van der Waals surface area contributed by atoms with E-state index in [1.165, 1.54) is 20.9 Å². The van der Waals surface area contributed by atoms with Crippen molar-refractivity contribution in [2.45, 2.75) is 19.5 Å². The van der Waals surface area contributed by atoms with E-state index in [9.17, 15) is 0 Å². The van der Waals surface area contributed by atoms with Crippen LogP contribution in [0.3, 0.4) is 0 Å². The van der Waals surface area contributed by atoms with Gasteiger partial charge in [0.2, 0.25) is 0 Å². The van der Waals surface area contributed by atoms with Crippen LogP contribution in [0.1, 0.15) is 23.4 Å². The normalized spacial score (nSPS) is 12.4. The van der Waals surface area contributed by atoms with E-state index in [0.29, 0.717) is 6.04 Å². The number of hydrogen-bond acceptors (Lipinski definition) is 4. The van der Waals surface area contributed by atoms with Crippen molar-refractivity contribution in [1.82, 2.24) is 10.3 Å². The molecule has 2 nitrogen and oxygen atoms in total. The van der Waals surface area contributed by atoms with E-state index in [1.807, 2.05) is 29.8 Å². The molecule has 1 N–H and O–H groups in total. The molecule has 3 heterocycles. The van der Waals surface area contributed by atoms with Gasteiger partial charge in [-0.25, -0.2) is 0 Å². The monoisotopic (exact) mass is 300 g/mol. The molecular weight excluding hydrogens is 284 g/mol. The van der Waals surface area contributed by atoms with Gasteiger partial charge in [0.15, 0.2) is 0 Å². The zero-order valence-corrected chi connectivity index (χ0v) is 12.9. The first-order valence-electron chi connectivity index (χ1n) is 6.57. The molecule has 0 radical (unpaired) electrons. The first kappa shape index (κ1) is 13.5. The third kappa shape index (κ3) is 3.15. The highest BCUT2D eigenvalue weighted by Gasteiger charge is 2.07. The van der Waals surface area contributed by atoms with Gasteiger partial charge in [-0.1, -0.05) is 12.1 Å². The maximum Gasteiger partial charge on any atom is 0.0351 e. The minimum Gasteiger partial charge on any atom is -0.305 e. The van der Waals surface area contributed by atoms with Gasteiger partial charge in [-0.15, -0.1) is 22.7 Å². The summed E-state index contributed by atoms with van der Waals surface area (Å²) in [4.78, 5) is 6.87. The molecule has 1 atom stereocenters. The average Bonchev–Trinajstić information content (AvgIpc) is 3.16. The Bertz CT molecular complexity index is 644. The van der Waals surface area contributed by atoms with E-state index in [1.54, 1.807) is 11.3 Å². The number of aromatic nitrogens is 1. The molecule has 0 aromatic carbocycles. The molecule has 0 saturated heterocycles. The lowest BCUT2D eigenvalue weighted by atomic mass is 10.1. The number of nitrogens with one attached hydrogen (secondary N) is 1. The molecule has 4 heteroatoms. The lowest BCUT2D eigenvalue weighted by Crippen LogP contribution is -2.17. The molecular formula is C16H16N2S2. The average molecular weight is 300 g/mol. The summed E-state index contributed by atoms with van der Waals surface area (Å²) >= 11 is 3.60. The molecule has 3 aromatic heterocycles. The maximum absolute atomic E-state index is 4.16. The zero-order valence-electron chi connectivity index (χ0n) is 11.2. The quantitative estimate of drug-likeness (QED) is 0.737. The van der Waals surface area contributed by atoms with Crippen LogP contribution >= 0.6 is 22.7 Å². The lowest BCUT2D eigenvalue weighted by molar-refractivity contribution is 0.577. The molecule has 0 aliphatic rings. The Balaban J connectivity index is 1.62. The highest BCUT2D eigenvalue weighted by Crippen LogP contribution is 2.29. The molecule has 0 fully saturated rings. The van der Waals surface area contributed by atoms with Gasteiger partial charge in [-0.05, 0) is 41.4 Å². The maximum atomic E-state index is 4.16. The van der Waals surface area contributed by atoms with Crippen LogP contribution in [0, 0.1) is 0 Å². The summed E-state index contributed by atoms with van der Waals surface area (Å²) in [6.45, 7) is 3.07. The molecule has 0 aliphatic carbocycles. The fourth-order valence-electron chi connectivity index (χ4n) is 2.05. The first-order chi connectivity index (χ1) is 9.83. The van der Waals surface area contributed by atoms with E-state index < -0.39 is 0 Å². The molecule has 0 saturated carbocycles. The summed E-state index contributed by atoms with van der Waals surface area (Å²) in [5.74, 6) is 0. The Morgan fingerprint density at radius 1 is 1.25 bits per heavy atom. The molecule has 0 bridgehead atoms. The van der Waals surface area contributed by atoms with Crippen molar-refractivity contribution in [3.63, 3.8) is 0 Å². The topological polar surface area (TPSA) is 24.9 Å². The second kappa shape index (κ2) is 6.31. The Kier molecular flexibility index (Phi) is 4.25. The van der Waals surface area contributed by atoms with Gasteiger partial charge in [0.25, 0.3) is 0 Å². The Hall–Kier alpha value is -1.49. The molecule has 0 amide bonds. The van der Waals surface area contributed by atoms with E-state index in [0.717, 1.165) is 6.54 Å². The van der Waals surface area contributed by atoms with Gasteiger partial charge in [0.05, 0.1) is 0 Å². The van der Waals surface area contributed by atoms with Gasteiger partial charge < -0.3 is 5.32 Å². The number of pyridine rings is 1. The fraction of sp³-hybridized carbons (Fsp3) is 0.188. The predicted molar refractivity (Wildman–Crippen MR) is 87.1 cm³/mol. The van der Waals surface area contributed by atoms with Crippen LogP contribution in [-0.4, -0.2) is 4.98 Å². The van der Waals surface area contributed by atoms with Gasteiger partial charge in [0.1, 0.15) is 0 Å². The van der Waals surface area contributed by atoms with Gasteiger partial charge in [-0.2, -0.15) is 0 Å². The smallest absolute Gasteiger partial charge is 0.0351 e. The van der Waals surface area contributed by atoms with Crippen molar-refractivity contribution < 1.29 is 0 Å². The second-order valence-electron chi connectivity index (χ2n) is 4.67. The van der Waals surface area contributed by atoms with Gasteiger partial charge in [0, 0.05) is 40.3 Å². The highest BCUT2D eigenvalue weighted by molar-refractivity contribution is 7.14. The Morgan fingerprint density at radius 2 is 2.20 bits per heavy atom. The predicted octanol–water partition coefficient (Wildman–Crippen LogP) is 4.72. The molecule has 102 valence electrons. The van der Waals surface area contributed by atoms with Crippen molar-refractivity contribution >= 4 is 22.7 Å². The second-order valence-corrected chi connectivity index (χ2v) is 6.61. The van der Waals surface area contributed by atoms with Crippen molar-refractivity contribution in [3.8, 4) is 10.4 Å². The third-order valence-electron chi connectivity index (χ3n) is 3.23. The van der Waals surface area contributed by atoms with E-state index in [-0.39, 0.29) is 0 Å². The minimum atomic E-state index is 0.316. The van der Waals surface area contributed by atoms with Crippen molar-refractivity contribution in [2.24, 2.45) is 0 Å². The van der Waals surface area contributed by atoms with E-state index >= 15 is 0 Å². The zero-order chi connectivity index (χ0) is 13.8. The number of hydrogen-bond donors (Lipinski definition) is 1. The fourth-order valence-corrected chi connectivity index (χ4v) is 3.67. The summed E-state index contributed by atoms with van der Waals surface area (Å²) in [7, 11) is 0. The molecule has 0 aliphatic heterocycles. The molecule has 20 heavy (non-hydrogen) atoms. The number of rotatable bonds is 5. The highest BCUT2D eigenvalue weighted by atomic mass is 32.1. The SMILES string of the molecule is C[C@@H](NCc1cc(-c2cccs2)cs1)c1cccnc1. The molecule has 0 unspecified atom stereocenters. The minimum absolute atomic E-state index is 0.316. The largest absolute Gasteiger partial charge is 0.305 e. The summed E-state index contributed by atoms with van der Waals surface area (Å²) in [5, 5.41) is 7.90. The molecule has 3 rings (SSSR count). The summed E-state index contributed by atoms with van der Waals surface area (Å²) in [6, 6.07) is 10.9. The standard InChI is InChI=1S/C16H16N2S2/c1-12(13-4-2-6-17-9-13)18-10-15-8-14(11-20-15)16-5-3-7-19-16/h2-9,11-12,18H,10H2,1H3/t12-/m1/s1. The van der Waals surface area contributed by atoms with E-state index in [2.05, 4.69) is 52.3 Å². The molecule has 0 spiro atoms. The van der Waals surface area contributed by atoms with Crippen LogP contribution in [0.15, 0.2) is 53.5 Å². The van der Waals surface area contributed by atoms with Crippen molar-refractivity contribution in [3.05, 3.63) is 63.9 Å². The van der Waals surface area contributed by atoms with Crippen LogP contribution < -0.4 is 5.32 Å². The summed E-state index contributed by atoms with van der Waals surface area (Å²) < 4.78 is 0.